The Balaban J connectivity index is 2.54. The Hall–Kier alpha value is 0. The van der Waals surface area contributed by atoms with Gasteiger partial charge >= 0.3 is 0 Å². The van der Waals surface area contributed by atoms with Gasteiger partial charge in [0.15, 0.2) is 0 Å². The van der Waals surface area contributed by atoms with Crippen LogP contribution in [0, 0.1) is 35.5 Å². The van der Waals surface area contributed by atoms with E-state index in [4.69, 9.17) is 0 Å². The van der Waals surface area contributed by atoms with Crippen LogP contribution >= 0.6 is 0 Å². The molecule has 0 saturated heterocycles. The van der Waals surface area contributed by atoms with Gasteiger partial charge in [0, 0.05) is 0 Å². The smallest absolute Gasteiger partial charge is 0.0329 e. The first-order valence-corrected chi connectivity index (χ1v) is 8.54. The fourth-order valence-corrected chi connectivity index (χ4v) is 4.25. The van der Waals surface area contributed by atoms with Gasteiger partial charge in [-0.2, -0.15) is 0 Å². The molecule has 0 amide bonds. The molecule has 0 aromatic rings. The van der Waals surface area contributed by atoms with Crippen LogP contribution in [0.4, 0.5) is 0 Å². The maximum atomic E-state index is 2.52. The van der Waals surface area contributed by atoms with Crippen molar-refractivity contribution < 1.29 is 0 Å². The topological polar surface area (TPSA) is 0 Å². The van der Waals surface area contributed by atoms with Gasteiger partial charge < -0.3 is 0 Å². The van der Waals surface area contributed by atoms with Gasteiger partial charge in [0.05, 0.1) is 0 Å². The van der Waals surface area contributed by atoms with Crippen LogP contribution in [-0.4, -0.2) is 0 Å². The molecule has 0 aromatic heterocycles. The molecule has 0 heteroatoms. The predicted octanol–water partition coefficient (Wildman–Crippen LogP) is 6.16. The van der Waals surface area contributed by atoms with Crippen LogP contribution in [0.15, 0.2) is 0 Å². The van der Waals surface area contributed by atoms with E-state index in [0.717, 1.165) is 35.5 Å². The first kappa shape index (κ1) is 16.1. The first-order chi connectivity index (χ1) is 8.54. The average Bonchev–Trinajstić information content (AvgIpc) is 2.33. The molecule has 0 bridgehead atoms. The van der Waals surface area contributed by atoms with Crippen LogP contribution in [-0.2, 0) is 0 Å². The average molecular weight is 252 g/mol. The van der Waals surface area contributed by atoms with Gasteiger partial charge in [0.25, 0.3) is 0 Å². The van der Waals surface area contributed by atoms with Crippen molar-refractivity contribution in [3.8, 4) is 0 Å². The molecule has 1 fully saturated rings. The summed E-state index contributed by atoms with van der Waals surface area (Å²) in [5, 5.41) is 0. The molecule has 18 heavy (non-hydrogen) atoms. The Bertz CT molecular complexity index is 220. The molecule has 0 N–H and O–H groups in total. The maximum Gasteiger partial charge on any atom is -0.0329 e. The third-order valence-corrected chi connectivity index (χ3v) is 5.78. The summed E-state index contributed by atoms with van der Waals surface area (Å²) >= 11 is 0. The quantitative estimate of drug-likeness (QED) is 0.485. The SMILES string of the molecule is CCCC1CC(C(C)CC(C)CC)C1C(C)CC. The highest BCUT2D eigenvalue weighted by Crippen LogP contribution is 2.52. The van der Waals surface area contributed by atoms with Gasteiger partial charge in [-0.3, -0.25) is 0 Å². The van der Waals surface area contributed by atoms with Gasteiger partial charge in [0.2, 0.25) is 0 Å². The molecular formula is C18H36. The summed E-state index contributed by atoms with van der Waals surface area (Å²) in [6.45, 7) is 14.5. The number of rotatable bonds is 8. The fraction of sp³-hybridized carbons (Fsp3) is 1.00. The molecule has 1 saturated carbocycles. The summed E-state index contributed by atoms with van der Waals surface area (Å²) < 4.78 is 0. The van der Waals surface area contributed by atoms with E-state index >= 15 is 0 Å². The largest absolute Gasteiger partial charge is 0.0654 e. The van der Waals surface area contributed by atoms with E-state index in [0.29, 0.717) is 0 Å². The molecular weight excluding hydrogens is 216 g/mol. The van der Waals surface area contributed by atoms with Crippen molar-refractivity contribution in [1.29, 1.82) is 0 Å². The standard InChI is InChI=1S/C18H36/c1-7-10-16-12-17(18(16)14(5)9-3)15(6)11-13(4)8-2/h13-18H,7-12H2,1-6H3. The molecule has 0 spiro atoms. The van der Waals surface area contributed by atoms with Crippen LogP contribution in [0.3, 0.4) is 0 Å². The number of hydrogen-bond acceptors (Lipinski definition) is 0. The summed E-state index contributed by atoms with van der Waals surface area (Å²) in [4.78, 5) is 0. The molecule has 0 radical (unpaired) electrons. The molecule has 108 valence electrons. The van der Waals surface area contributed by atoms with E-state index in [9.17, 15) is 0 Å². The minimum atomic E-state index is 0.919. The van der Waals surface area contributed by atoms with E-state index in [1.54, 1.807) is 0 Å². The lowest BCUT2D eigenvalue weighted by atomic mass is 9.54. The molecule has 6 unspecified atom stereocenters. The van der Waals surface area contributed by atoms with Crippen molar-refractivity contribution in [3.63, 3.8) is 0 Å². The van der Waals surface area contributed by atoms with Gasteiger partial charge in [-0.25, -0.2) is 0 Å². The van der Waals surface area contributed by atoms with E-state index < -0.39 is 0 Å². The van der Waals surface area contributed by atoms with Gasteiger partial charge in [-0.1, -0.05) is 67.2 Å². The normalized spacial score (nSPS) is 32.7. The second-order valence-electron chi connectivity index (χ2n) is 7.14. The van der Waals surface area contributed by atoms with E-state index in [2.05, 4.69) is 41.5 Å². The molecule has 1 rings (SSSR count). The third kappa shape index (κ3) is 3.75. The van der Waals surface area contributed by atoms with Crippen molar-refractivity contribution in [1.82, 2.24) is 0 Å². The second kappa shape index (κ2) is 7.56. The van der Waals surface area contributed by atoms with E-state index in [-0.39, 0.29) is 0 Å². The molecule has 0 aromatic carbocycles. The van der Waals surface area contributed by atoms with Gasteiger partial charge in [-0.15, -0.1) is 0 Å². The Morgan fingerprint density at radius 2 is 1.61 bits per heavy atom. The Kier molecular flexibility index (Phi) is 6.74. The monoisotopic (exact) mass is 252 g/mol. The summed E-state index contributed by atoms with van der Waals surface area (Å²) in [7, 11) is 0. The predicted molar refractivity (Wildman–Crippen MR) is 82.7 cm³/mol. The van der Waals surface area contributed by atoms with Crippen molar-refractivity contribution in [2.45, 2.75) is 80.1 Å². The summed E-state index contributed by atoms with van der Waals surface area (Å²) in [6.07, 6.45) is 8.56. The highest BCUT2D eigenvalue weighted by atomic mass is 14.5. The van der Waals surface area contributed by atoms with Crippen LogP contribution in [0.5, 0.6) is 0 Å². The third-order valence-electron chi connectivity index (χ3n) is 5.78. The molecule has 6 atom stereocenters. The Labute approximate surface area is 116 Å². The van der Waals surface area contributed by atoms with E-state index in [1.807, 2.05) is 0 Å². The zero-order valence-corrected chi connectivity index (χ0v) is 13.7. The van der Waals surface area contributed by atoms with Gasteiger partial charge in [0.1, 0.15) is 0 Å². The van der Waals surface area contributed by atoms with E-state index in [1.165, 1.54) is 38.5 Å². The highest BCUT2D eigenvalue weighted by Gasteiger charge is 2.44. The molecule has 0 aliphatic heterocycles. The lowest BCUT2D eigenvalue weighted by molar-refractivity contribution is -0.0227. The van der Waals surface area contributed by atoms with Crippen LogP contribution in [0.2, 0.25) is 0 Å². The Morgan fingerprint density at radius 3 is 2.11 bits per heavy atom. The van der Waals surface area contributed by atoms with Crippen molar-refractivity contribution in [3.05, 3.63) is 0 Å². The minimum Gasteiger partial charge on any atom is -0.0654 e. The van der Waals surface area contributed by atoms with Crippen LogP contribution in [0.1, 0.15) is 80.1 Å². The molecule has 0 heterocycles. The fourth-order valence-electron chi connectivity index (χ4n) is 4.25. The van der Waals surface area contributed by atoms with Gasteiger partial charge in [-0.05, 0) is 48.3 Å². The zero-order valence-electron chi connectivity index (χ0n) is 13.7. The van der Waals surface area contributed by atoms with Crippen LogP contribution < -0.4 is 0 Å². The highest BCUT2D eigenvalue weighted by molar-refractivity contribution is 4.93. The molecule has 1 aliphatic rings. The second-order valence-corrected chi connectivity index (χ2v) is 7.14. The lowest BCUT2D eigenvalue weighted by Gasteiger charge is -2.51. The molecule has 1 aliphatic carbocycles. The summed E-state index contributed by atoms with van der Waals surface area (Å²) in [5.74, 6) is 5.93. The van der Waals surface area contributed by atoms with Crippen molar-refractivity contribution in [2.75, 3.05) is 0 Å². The lowest BCUT2D eigenvalue weighted by Crippen LogP contribution is -2.44. The summed E-state index contributed by atoms with van der Waals surface area (Å²) in [5.41, 5.74) is 0. The van der Waals surface area contributed by atoms with Crippen LogP contribution in [0.25, 0.3) is 0 Å². The Morgan fingerprint density at radius 1 is 0.944 bits per heavy atom. The number of hydrogen-bond donors (Lipinski definition) is 0. The first-order valence-electron chi connectivity index (χ1n) is 8.54. The maximum absolute atomic E-state index is 2.52. The molecule has 0 nitrogen and oxygen atoms in total. The summed E-state index contributed by atoms with van der Waals surface area (Å²) in [6, 6.07) is 0. The van der Waals surface area contributed by atoms with Crippen molar-refractivity contribution in [2.24, 2.45) is 35.5 Å². The van der Waals surface area contributed by atoms with Crippen molar-refractivity contribution >= 4 is 0 Å². The zero-order chi connectivity index (χ0) is 13.7. The minimum absolute atomic E-state index is 0.919.